The number of hydrogen-bond acceptors (Lipinski definition) is 5. The number of rotatable bonds is 6. The predicted molar refractivity (Wildman–Crippen MR) is 118 cm³/mol. The van der Waals surface area contributed by atoms with Crippen LogP contribution in [0.5, 0.6) is 5.75 Å². The molecule has 0 spiro atoms. The number of oxazole rings is 1. The van der Waals surface area contributed by atoms with Crippen LogP contribution in [0.4, 0.5) is 10.4 Å². The summed E-state index contributed by atoms with van der Waals surface area (Å²) in [5.74, 6) is -1.05. The average molecular weight is 480 g/mol. The Balaban J connectivity index is 1.22. The minimum atomic E-state index is -0.609. The van der Waals surface area contributed by atoms with Crippen LogP contribution in [-0.4, -0.2) is 29.4 Å². The van der Waals surface area contributed by atoms with Crippen LogP contribution >= 0.6 is 23.2 Å². The molecule has 0 atom stereocenters. The first kappa shape index (κ1) is 22.4. The number of carbonyl (C=O) groups excluding carboxylic acids is 2. The number of anilines is 1. The summed E-state index contributed by atoms with van der Waals surface area (Å²) in [6.45, 7) is -0.233. The molecule has 2 N–H and O–H groups in total. The largest absolute Gasteiger partial charge is 0.484 e. The minimum absolute atomic E-state index is 0.0110. The van der Waals surface area contributed by atoms with Gasteiger partial charge >= 0.3 is 6.01 Å². The van der Waals surface area contributed by atoms with Crippen LogP contribution in [0.25, 0.3) is 11.1 Å². The SMILES string of the molecule is O=C(COc1ccc(Cl)c(F)c1)N[C@H]1CC[C@H](C(=O)Nc2nc3cc(Cl)ccc3o2)CC1. The number of nitrogens with zero attached hydrogens (tertiary/aromatic N) is 1. The van der Waals surface area contributed by atoms with Crippen molar-refractivity contribution in [2.75, 3.05) is 11.9 Å². The first-order chi connectivity index (χ1) is 15.4. The zero-order valence-corrected chi connectivity index (χ0v) is 18.4. The van der Waals surface area contributed by atoms with Crippen molar-refractivity contribution in [3.8, 4) is 5.75 Å². The summed E-state index contributed by atoms with van der Waals surface area (Å²) in [5.41, 5.74) is 1.11. The summed E-state index contributed by atoms with van der Waals surface area (Å²) in [6, 6.07) is 9.13. The fraction of sp³-hybridized carbons (Fsp3) is 0.318. The third kappa shape index (κ3) is 5.49. The summed E-state index contributed by atoms with van der Waals surface area (Å²) in [4.78, 5) is 28.9. The van der Waals surface area contributed by atoms with Crippen LogP contribution < -0.4 is 15.4 Å². The molecule has 1 aliphatic rings. The lowest BCUT2D eigenvalue weighted by Crippen LogP contribution is -2.41. The second-order valence-corrected chi connectivity index (χ2v) is 8.44. The maximum atomic E-state index is 13.4. The van der Waals surface area contributed by atoms with E-state index < -0.39 is 5.82 Å². The molecule has 10 heteroatoms. The lowest BCUT2D eigenvalue weighted by atomic mass is 9.85. The van der Waals surface area contributed by atoms with Gasteiger partial charge in [0.1, 0.15) is 17.1 Å². The van der Waals surface area contributed by atoms with Gasteiger partial charge in [-0.3, -0.25) is 14.9 Å². The predicted octanol–water partition coefficient (Wildman–Crippen LogP) is 4.97. The molecule has 2 aromatic carbocycles. The van der Waals surface area contributed by atoms with E-state index >= 15 is 0 Å². The quantitative estimate of drug-likeness (QED) is 0.520. The molecule has 1 aliphatic carbocycles. The highest BCUT2D eigenvalue weighted by molar-refractivity contribution is 6.31. The molecule has 2 amide bonds. The molecule has 0 saturated heterocycles. The van der Waals surface area contributed by atoms with Crippen LogP contribution in [0.15, 0.2) is 40.8 Å². The van der Waals surface area contributed by atoms with Crippen molar-refractivity contribution >= 4 is 52.1 Å². The Hall–Kier alpha value is -2.84. The van der Waals surface area contributed by atoms with E-state index in [1.165, 1.54) is 12.1 Å². The molecule has 1 fully saturated rings. The lowest BCUT2D eigenvalue weighted by molar-refractivity contribution is -0.124. The van der Waals surface area contributed by atoms with Gasteiger partial charge < -0.3 is 14.5 Å². The maximum absolute atomic E-state index is 13.4. The number of benzene rings is 2. The first-order valence-corrected chi connectivity index (χ1v) is 10.9. The van der Waals surface area contributed by atoms with E-state index in [9.17, 15) is 14.0 Å². The number of amides is 2. The standard InChI is InChI=1S/C22H20Cl2FN3O4/c23-13-3-8-19-18(9-13)27-22(32-19)28-21(30)12-1-4-14(5-2-12)26-20(29)11-31-15-6-7-16(24)17(25)10-15/h3,6-10,12,14H,1-2,4-5,11H2,(H,26,29)(H,27,28,30)/t12-,14-. The van der Waals surface area contributed by atoms with Crippen LogP contribution in [0, 0.1) is 11.7 Å². The molecule has 0 unspecified atom stereocenters. The van der Waals surface area contributed by atoms with Gasteiger partial charge in [-0.05, 0) is 56.0 Å². The van der Waals surface area contributed by atoms with Gasteiger partial charge in [-0.2, -0.15) is 4.98 Å². The van der Waals surface area contributed by atoms with Gasteiger partial charge in [0.15, 0.2) is 12.2 Å². The smallest absolute Gasteiger partial charge is 0.302 e. The first-order valence-electron chi connectivity index (χ1n) is 10.1. The van der Waals surface area contributed by atoms with Crippen molar-refractivity contribution in [3.63, 3.8) is 0 Å². The highest BCUT2D eigenvalue weighted by Gasteiger charge is 2.28. The highest BCUT2D eigenvalue weighted by atomic mass is 35.5. The lowest BCUT2D eigenvalue weighted by Gasteiger charge is -2.28. The molecule has 7 nitrogen and oxygen atoms in total. The minimum Gasteiger partial charge on any atom is -0.484 e. The zero-order valence-electron chi connectivity index (χ0n) is 16.9. The van der Waals surface area contributed by atoms with Gasteiger partial charge in [-0.25, -0.2) is 4.39 Å². The van der Waals surface area contributed by atoms with Crippen LogP contribution in [0.2, 0.25) is 10.0 Å². The van der Waals surface area contributed by atoms with Gasteiger partial charge in [-0.15, -0.1) is 0 Å². The third-order valence-corrected chi connectivity index (χ3v) is 5.85. The normalized spacial score (nSPS) is 18.3. The van der Waals surface area contributed by atoms with E-state index in [0.29, 0.717) is 41.8 Å². The number of halogens is 3. The Labute approximate surface area is 193 Å². The van der Waals surface area contributed by atoms with Crippen molar-refractivity contribution in [1.29, 1.82) is 0 Å². The Kier molecular flexibility index (Phi) is 6.81. The second-order valence-electron chi connectivity index (χ2n) is 7.60. The van der Waals surface area contributed by atoms with E-state index in [1.807, 2.05) is 0 Å². The third-order valence-electron chi connectivity index (χ3n) is 5.30. The number of hydrogen-bond donors (Lipinski definition) is 2. The van der Waals surface area contributed by atoms with E-state index in [0.717, 1.165) is 6.07 Å². The molecule has 0 aliphatic heterocycles. The highest BCUT2D eigenvalue weighted by Crippen LogP contribution is 2.27. The second kappa shape index (κ2) is 9.75. The van der Waals surface area contributed by atoms with Gasteiger partial charge in [0, 0.05) is 23.0 Å². The van der Waals surface area contributed by atoms with E-state index in [1.54, 1.807) is 18.2 Å². The van der Waals surface area contributed by atoms with E-state index in [-0.39, 0.29) is 47.2 Å². The summed E-state index contributed by atoms with van der Waals surface area (Å²) in [5, 5.41) is 6.13. The Morgan fingerprint density at radius 1 is 1.12 bits per heavy atom. The molecule has 1 aromatic heterocycles. The van der Waals surface area contributed by atoms with Gasteiger partial charge in [0.05, 0.1) is 5.02 Å². The molecule has 168 valence electrons. The number of fused-ring (bicyclic) bond motifs is 1. The van der Waals surface area contributed by atoms with Crippen molar-refractivity contribution in [3.05, 3.63) is 52.3 Å². The molecule has 0 bridgehead atoms. The summed E-state index contributed by atoms with van der Waals surface area (Å²) < 4.78 is 24.3. The number of carbonyl (C=O) groups is 2. The molecular weight excluding hydrogens is 460 g/mol. The van der Waals surface area contributed by atoms with Crippen LogP contribution in [0.3, 0.4) is 0 Å². The van der Waals surface area contributed by atoms with Gasteiger partial charge in [-0.1, -0.05) is 23.2 Å². The Morgan fingerprint density at radius 2 is 1.91 bits per heavy atom. The molecule has 1 heterocycles. The van der Waals surface area contributed by atoms with Crippen molar-refractivity contribution in [1.82, 2.24) is 10.3 Å². The van der Waals surface area contributed by atoms with Crippen molar-refractivity contribution in [2.45, 2.75) is 31.7 Å². The fourth-order valence-electron chi connectivity index (χ4n) is 3.65. The molecule has 0 radical (unpaired) electrons. The molecule has 32 heavy (non-hydrogen) atoms. The van der Waals surface area contributed by atoms with Crippen LogP contribution in [0.1, 0.15) is 25.7 Å². The molecule has 1 saturated carbocycles. The van der Waals surface area contributed by atoms with Crippen molar-refractivity contribution < 1.29 is 23.1 Å². The summed E-state index contributed by atoms with van der Waals surface area (Å²) in [7, 11) is 0. The van der Waals surface area contributed by atoms with Gasteiger partial charge in [0.2, 0.25) is 5.91 Å². The van der Waals surface area contributed by atoms with Crippen LogP contribution in [-0.2, 0) is 9.59 Å². The van der Waals surface area contributed by atoms with E-state index in [4.69, 9.17) is 32.4 Å². The monoisotopic (exact) mass is 479 g/mol. The summed E-state index contributed by atoms with van der Waals surface area (Å²) >= 11 is 11.6. The van der Waals surface area contributed by atoms with E-state index in [2.05, 4.69) is 15.6 Å². The molecule has 4 rings (SSSR count). The molecular formula is C22H20Cl2FN3O4. The average Bonchev–Trinajstić information content (AvgIpc) is 3.16. The zero-order chi connectivity index (χ0) is 22.7. The maximum Gasteiger partial charge on any atom is 0.302 e. The number of nitrogens with one attached hydrogen (secondary N) is 2. The van der Waals surface area contributed by atoms with Crippen molar-refractivity contribution in [2.24, 2.45) is 5.92 Å². The van der Waals surface area contributed by atoms with Gasteiger partial charge in [0.25, 0.3) is 5.91 Å². The Bertz CT molecular complexity index is 1150. The number of ether oxygens (including phenoxy) is 1. The topological polar surface area (TPSA) is 93.5 Å². The fourth-order valence-corrected chi connectivity index (χ4v) is 3.93. The molecule has 3 aromatic rings. The Morgan fingerprint density at radius 3 is 2.66 bits per heavy atom. The number of aromatic nitrogens is 1. The summed E-state index contributed by atoms with van der Waals surface area (Å²) in [6.07, 6.45) is 2.54.